The van der Waals surface area contributed by atoms with Crippen molar-refractivity contribution in [1.29, 1.82) is 0 Å². The summed E-state index contributed by atoms with van der Waals surface area (Å²) in [6, 6.07) is 4.48. The molecule has 1 saturated heterocycles. The van der Waals surface area contributed by atoms with Gasteiger partial charge in [0.15, 0.2) is 5.82 Å². The lowest BCUT2D eigenvalue weighted by Gasteiger charge is -2.31. The molecule has 1 unspecified atom stereocenters. The Morgan fingerprint density at radius 3 is 3.00 bits per heavy atom. The van der Waals surface area contributed by atoms with Crippen molar-refractivity contribution in [3.8, 4) is 0 Å². The highest BCUT2D eigenvalue weighted by molar-refractivity contribution is 5.95. The molecule has 1 N–H and O–H groups in total. The Morgan fingerprint density at radius 1 is 1.50 bits per heavy atom. The number of hydrogen-bond acceptors (Lipinski definition) is 8. The largest absolute Gasteiger partial charge is 0.383 e. The number of methoxy groups -OCH3 is 1. The van der Waals surface area contributed by atoms with Crippen LogP contribution in [-0.4, -0.2) is 59.2 Å². The number of carbonyl (C=O) groups is 1. The first-order chi connectivity index (χ1) is 13.5. The molecule has 3 rings (SSSR count). The SMILES string of the molecule is COCCNc1ccc(C(=O)N2CCCC(c3nc(C)no3)C2)cc1[N+](=O)[O-]. The fourth-order valence-corrected chi connectivity index (χ4v) is 3.28. The highest BCUT2D eigenvalue weighted by Crippen LogP contribution is 2.29. The molecule has 1 aromatic carbocycles. The van der Waals surface area contributed by atoms with Gasteiger partial charge in [-0.05, 0) is 31.9 Å². The molecule has 1 aliphatic rings. The van der Waals surface area contributed by atoms with Crippen molar-refractivity contribution in [2.45, 2.75) is 25.7 Å². The molecule has 10 heteroatoms. The van der Waals surface area contributed by atoms with Crippen LogP contribution in [0.25, 0.3) is 0 Å². The van der Waals surface area contributed by atoms with E-state index in [0.717, 1.165) is 12.8 Å². The maximum Gasteiger partial charge on any atom is 0.293 e. The van der Waals surface area contributed by atoms with Gasteiger partial charge in [0.05, 0.1) is 17.4 Å². The van der Waals surface area contributed by atoms with Gasteiger partial charge >= 0.3 is 0 Å². The van der Waals surface area contributed by atoms with Crippen LogP contribution in [0.15, 0.2) is 22.7 Å². The number of carbonyl (C=O) groups excluding carboxylic acids is 1. The third kappa shape index (κ3) is 4.45. The number of nitro benzene ring substituents is 1. The topological polar surface area (TPSA) is 124 Å². The van der Waals surface area contributed by atoms with Gasteiger partial charge in [-0.1, -0.05) is 5.16 Å². The van der Waals surface area contributed by atoms with Crippen LogP contribution < -0.4 is 5.32 Å². The van der Waals surface area contributed by atoms with Crippen LogP contribution >= 0.6 is 0 Å². The molecule has 2 heterocycles. The standard InChI is InChI=1S/C18H23N5O5/c1-12-20-17(28-21-12)14-4-3-8-22(11-14)18(24)13-5-6-15(19-7-9-27-2)16(10-13)23(25)26/h5-6,10,14,19H,3-4,7-9,11H2,1-2H3. The normalized spacial score (nSPS) is 16.8. The summed E-state index contributed by atoms with van der Waals surface area (Å²) < 4.78 is 10.2. The molecule has 0 spiro atoms. The summed E-state index contributed by atoms with van der Waals surface area (Å²) in [5.41, 5.74) is 0.505. The summed E-state index contributed by atoms with van der Waals surface area (Å²) in [4.78, 5) is 29.8. The molecule has 0 aliphatic carbocycles. The van der Waals surface area contributed by atoms with Crippen LogP contribution in [-0.2, 0) is 4.74 Å². The molecule has 1 aromatic heterocycles. The van der Waals surface area contributed by atoms with E-state index in [9.17, 15) is 14.9 Å². The summed E-state index contributed by atoms with van der Waals surface area (Å²) in [5, 5.41) is 18.2. The van der Waals surface area contributed by atoms with Crippen molar-refractivity contribution in [2.24, 2.45) is 0 Å². The van der Waals surface area contributed by atoms with E-state index in [1.165, 1.54) is 6.07 Å². The quantitative estimate of drug-likeness (QED) is 0.435. The van der Waals surface area contributed by atoms with Gasteiger partial charge in [0, 0.05) is 38.4 Å². The zero-order valence-corrected chi connectivity index (χ0v) is 15.9. The number of likely N-dealkylation sites (tertiary alicyclic amines) is 1. The van der Waals surface area contributed by atoms with Crippen LogP contribution in [0, 0.1) is 17.0 Å². The summed E-state index contributed by atoms with van der Waals surface area (Å²) in [6.07, 6.45) is 1.66. The van der Waals surface area contributed by atoms with Crippen LogP contribution in [0.1, 0.15) is 40.8 Å². The smallest absolute Gasteiger partial charge is 0.293 e. The molecule has 1 fully saturated rings. The minimum Gasteiger partial charge on any atom is -0.383 e. The van der Waals surface area contributed by atoms with Gasteiger partial charge < -0.3 is 19.5 Å². The van der Waals surface area contributed by atoms with Gasteiger partial charge in [-0.2, -0.15) is 4.98 Å². The first-order valence-corrected chi connectivity index (χ1v) is 9.10. The maximum atomic E-state index is 12.9. The van der Waals surface area contributed by atoms with Crippen LogP contribution in [0.3, 0.4) is 0 Å². The number of amides is 1. The van der Waals surface area contributed by atoms with Gasteiger partial charge in [0.25, 0.3) is 11.6 Å². The van der Waals surface area contributed by atoms with Gasteiger partial charge in [-0.25, -0.2) is 0 Å². The number of anilines is 1. The van der Waals surface area contributed by atoms with Gasteiger partial charge in [0.1, 0.15) is 5.69 Å². The first kappa shape index (κ1) is 19.7. The highest BCUT2D eigenvalue weighted by atomic mass is 16.6. The number of aryl methyl sites for hydroxylation is 1. The molecule has 0 saturated carbocycles. The van der Waals surface area contributed by atoms with Gasteiger partial charge in [0.2, 0.25) is 5.89 Å². The number of aromatic nitrogens is 2. The van der Waals surface area contributed by atoms with E-state index < -0.39 is 4.92 Å². The van der Waals surface area contributed by atoms with Crippen molar-refractivity contribution >= 4 is 17.3 Å². The number of hydrogen-bond donors (Lipinski definition) is 1. The van der Waals surface area contributed by atoms with E-state index in [1.807, 2.05) is 0 Å². The minimum absolute atomic E-state index is 0.0242. The molecule has 1 amide bonds. The van der Waals surface area contributed by atoms with Gasteiger partial charge in [-0.3, -0.25) is 14.9 Å². The lowest BCUT2D eigenvalue weighted by molar-refractivity contribution is -0.384. The van der Waals surface area contributed by atoms with Crippen molar-refractivity contribution in [2.75, 3.05) is 38.7 Å². The third-order valence-electron chi connectivity index (χ3n) is 4.66. The predicted molar refractivity (Wildman–Crippen MR) is 100 cm³/mol. The fourth-order valence-electron chi connectivity index (χ4n) is 3.28. The summed E-state index contributed by atoms with van der Waals surface area (Å²) in [6.45, 7) is 3.64. The van der Waals surface area contributed by atoms with E-state index in [2.05, 4.69) is 15.5 Å². The molecule has 1 atom stereocenters. The van der Waals surface area contributed by atoms with E-state index in [4.69, 9.17) is 9.26 Å². The fraction of sp³-hybridized carbons (Fsp3) is 0.500. The number of benzene rings is 1. The second-order valence-electron chi connectivity index (χ2n) is 6.68. The Labute approximate surface area is 162 Å². The summed E-state index contributed by atoms with van der Waals surface area (Å²) >= 11 is 0. The highest BCUT2D eigenvalue weighted by Gasteiger charge is 2.29. The van der Waals surface area contributed by atoms with Crippen molar-refractivity contribution in [1.82, 2.24) is 15.0 Å². The zero-order chi connectivity index (χ0) is 20.1. The Bertz CT molecular complexity index is 853. The van der Waals surface area contributed by atoms with E-state index >= 15 is 0 Å². The number of piperidine rings is 1. The number of nitro groups is 1. The number of rotatable bonds is 7. The van der Waals surface area contributed by atoms with Crippen molar-refractivity contribution in [3.63, 3.8) is 0 Å². The number of ether oxygens (including phenoxy) is 1. The molecular formula is C18H23N5O5. The second-order valence-corrected chi connectivity index (χ2v) is 6.68. The lowest BCUT2D eigenvalue weighted by Crippen LogP contribution is -2.39. The Balaban J connectivity index is 1.75. The molecule has 10 nitrogen and oxygen atoms in total. The molecule has 1 aliphatic heterocycles. The average Bonchev–Trinajstić information content (AvgIpc) is 3.14. The van der Waals surface area contributed by atoms with Crippen molar-refractivity contribution in [3.05, 3.63) is 45.6 Å². The second kappa shape index (κ2) is 8.79. The summed E-state index contributed by atoms with van der Waals surface area (Å²) in [7, 11) is 1.55. The molecule has 28 heavy (non-hydrogen) atoms. The monoisotopic (exact) mass is 389 g/mol. The Morgan fingerprint density at radius 2 is 2.32 bits per heavy atom. The average molecular weight is 389 g/mol. The van der Waals surface area contributed by atoms with Crippen LogP contribution in [0.2, 0.25) is 0 Å². The van der Waals surface area contributed by atoms with Crippen LogP contribution in [0.5, 0.6) is 0 Å². The zero-order valence-electron chi connectivity index (χ0n) is 15.9. The Kier molecular flexibility index (Phi) is 6.19. The molecular weight excluding hydrogens is 366 g/mol. The predicted octanol–water partition coefficient (Wildman–Crippen LogP) is 2.36. The number of nitrogens with one attached hydrogen (secondary N) is 1. The minimum atomic E-state index is -0.494. The maximum absolute atomic E-state index is 12.9. The Hall–Kier alpha value is -3.01. The molecule has 150 valence electrons. The lowest BCUT2D eigenvalue weighted by atomic mass is 9.97. The summed E-state index contributed by atoms with van der Waals surface area (Å²) in [5.74, 6) is 0.820. The van der Waals surface area contributed by atoms with E-state index in [-0.39, 0.29) is 23.1 Å². The first-order valence-electron chi connectivity index (χ1n) is 9.10. The molecule has 0 bridgehead atoms. The van der Waals surface area contributed by atoms with Crippen LogP contribution in [0.4, 0.5) is 11.4 Å². The van der Waals surface area contributed by atoms with Crippen molar-refractivity contribution < 1.29 is 19.0 Å². The van der Waals surface area contributed by atoms with E-state index in [1.54, 1.807) is 31.1 Å². The van der Waals surface area contributed by atoms with E-state index in [0.29, 0.717) is 43.6 Å². The number of nitrogens with zero attached hydrogens (tertiary/aromatic N) is 4. The molecule has 2 aromatic rings. The molecule has 0 radical (unpaired) electrons. The third-order valence-corrected chi connectivity index (χ3v) is 4.66. The van der Waals surface area contributed by atoms with Gasteiger partial charge in [-0.15, -0.1) is 0 Å².